The van der Waals surface area contributed by atoms with Gasteiger partial charge in [-0.05, 0) is 29.8 Å². The van der Waals surface area contributed by atoms with Gasteiger partial charge in [0.15, 0.2) is 11.5 Å². The summed E-state index contributed by atoms with van der Waals surface area (Å²) in [6.07, 6.45) is 0. The Morgan fingerprint density at radius 1 is 1.14 bits per heavy atom. The van der Waals surface area contributed by atoms with E-state index < -0.39 is 0 Å². The van der Waals surface area contributed by atoms with Crippen molar-refractivity contribution in [1.29, 1.82) is 0 Å². The number of benzene rings is 2. The quantitative estimate of drug-likeness (QED) is 0.767. The third kappa shape index (κ3) is 4.47. The number of thioether (sulfide) groups is 1. The maximum absolute atomic E-state index is 12.6. The molecule has 3 rings (SSSR count). The minimum Gasteiger partial charge on any atom is -0.493 e. The maximum atomic E-state index is 12.6. The summed E-state index contributed by atoms with van der Waals surface area (Å²) in [6.45, 7) is 3.74. The molecule has 0 fully saturated rings. The molecule has 1 heterocycles. The van der Waals surface area contributed by atoms with E-state index >= 15 is 0 Å². The monoisotopic (exact) mass is 402 g/mol. The van der Waals surface area contributed by atoms with Crippen molar-refractivity contribution < 1.29 is 19.0 Å². The zero-order valence-corrected chi connectivity index (χ0v) is 17.5. The highest BCUT2D eigenvalue weighted by Crippen LogP contribution is 2.39. The van der Waals surface area contributed by atoms with E-state index in [1.165, 1.54) is 4.90 Å². The van der Waals surface area contributed by atoms with Gasteiger partial charge in [0, 0.05) is 23.2 Å². The van der Waals surface area contributed by atoms with Crippen molar-refractivity contribution in [2.24, 2.45) is 0 Å². The minimum absolute atomic E-state index is 0.0253. The summed E-state index contributed by atoms with van der Waals surface area (Å²) < 4.78 is 16.1. The number of methoxy groups -OCH3 is 3. The molecule has 0 bridgehead atoms. The number of fused-ring (bicyclic) bond motifs is 1. The van der Waals surface area contributed by atoms with Crippen LogP contribution in [-0.4, -0.2) is 45.6 Å². The van der Waals surface area contributed by atoms with Crippen LogP contribution >= 0.6 is 11.8 Å². The standard InChI is InChI=1S/C21H26N2O4S/c1-14-12-23(16-7-5-6-8-19(16)28-14)13-20(24)22-11-15-9-17(25-2)21(27-4)18(10-15)26-3/h5-10,14H,11-13H2,1-4H3,(H,22,24)/t14-/m1/s1. The largest absolute Gasteiger partial charge is 0.493 e. The molecule has 2 aromatic rings. The second-order valence-corrected chi connectivity index (χ2v) is 8.07. The lowest BCUT2D eigenvalue weighted by Gasteiger charge is -2.33. The van der Waals surface area contributed by atoms with E-state index in [4.69, 9.17) is 14.2 Å². The number of nitrogens with one attached hydrogen (secondary N) is 1. The molecule has 1 aliphatic heterocycles. The first kappa shape index (κ1) is 20.2. The topological polar surface area (TPSA) is 60.0 Å². The lowest BCUT2D eigenvalue weighted by atomic mass is 10.1. The van der Waals surface area contributed by atoms with Gasteiger partial charge in [0.25, 0.3) is 0 Å². The van der Waals surface area contributed by atoms with E-state index in [0.29, 0.717) is 35.6 Å². The molecule has 0 saturated heterocycles. The number of ether oxygens (including phenoxy) is 3. The van der Waals surface area contributed by atoms with E-state index in [1.807, 2.05) is 36.0 Å². The number of hydrogen-bond donors (Lipinski definition) is 1. The van der Waals surface area contributed by atoms with Gasteiger partial charge in [0.2, 0.25) is 11.7 Å². The molecule has 0 aromatic heterocycles. The smallest absolute Gasteiger partial charge is 0.239 e. The van der Waals surface area contributed by atoms with Crippen molar-refractivity contribution in [2.45, 2.75) is 23.6 Å². The van der Waals surface area contributed by atoms with Gasteiger partial charge in [-0.15, -0.1) is 11.8 Å². The highest BCUT2D eigenvalue weighted by Gasteiger charge is 2.23. The Labute approximate surface area is 170 Å². The molecule has 6 nitrogen and oxygen atoms in total. The number of hydrogen-bond acceptors (Lipinski definition) is 6. The van der Waals surface area contributed by atoms with Crippen molar-refractivity contribution in [1.82, 2.24) is 5.32 Å². The molecule has 0 radical (unpaired) electrons. The number of carbonyl (C=O) groups is 1. The van der Waals surface area contributed by atoms with Gasteiger partial charge in [-0.1, -0.05) is 19.1 Å². The zero-order valence-electron chi connectivity index (χ0n) is 16.7. The number of para-hydroxylation sites is 1. The fourth-order valence-corrected chi connectivity index (χ4v) is 4.46. The van der Waals surface area contributed by atoms with Crippen molar-refractivity contribution >= 4 is 23.4 Å². The van der Waals surface area contributed by atoms with Crippen LogP contribution in [0.5, 0.6) is 17.2 Å². The van der Waals surface area contributed by atoms with Gasteiger partial charge in [0.05, 0.1) is 33.6 Å². The summed E-state index contributed by atoms with van der Waals surface area (Å²) in [5, 5.41) is 3.44. The number of rotatable bonds is 7. The van der Waals surface area contributed by atoms with Gasteiger partial charge in [-0.2, -0.15) is 0 Å². The molecule has 1 N–H and O–H groups in total. The van der Waals surface area contributed by atoms with Gasteiger partial charge in [-0.25, -0.2) is 0 Å². The highest BCUT2D eigenvalue weighted by molar-refractivity contribution is 8.00. The van der Waals surface area contributed by atoms with Crippen molar-refractivity contribution in [2.75, 3.05) is 39.3 Å². The summed E-state index contributed by atoms with van der Waals surface area (Å²) in [6, 6.07) is 11.9. The highest BCUT2D eigenvalue weighted by atomic mass is 32.2. The summed E-state index contributed by atoms with van der Waals surface area (Å²) in [5.74, 6) is 1.66. The Bertz CT molecular complexity index is 818. The van der Waals surface area contributed by atoms with Gasteiger partial charge in [0.1, 0.15) is 0 Å². The molecule has 150 valence electrons. The fraction of sp³-hybridized carbons (Fsp3) is 0.381. The number of amides is 1. The minimum atomic E-state index is -0.0253. The van der Waals surface area contributed by atoms with Crippen molar-refractivity contribution in [3.63, 3.8) is 0 Å². The van der Waals surface area contributed by atoms with E-state index in [-0.39, 0.29) is 5.91 Å². The molecule has 7 heteroatoms. The van der Waals surface area contributed by atoms with E-state index in [0.717, 1.165) is 17.8 Å². The predicted octanol–water partition coefficient (Wildman–Crippen LogP) is 3.33. The SMILES string of the molecule is COc1cc(CNC(=O)CN2C[C@@H](C)Sc3ccccc32)cc(OC)c1OC. The van der Waals surface area contributed by atoms with Crippen LogP contribution in [0.15, 0.2) is 41.3 Å². The normalized spacial score (nSPS) is 15.6. The first-order valence-corrected chi connectivity index (χ1v) is 10.00. The lowest BCUT2D eigenvalue weighted by Crippen LogP contribution is -2.41. The third-order valence-electron chi connectivity index (χ3n) is 4.56. The second kappa shape index (κ2) is 9.10. The number of carbonyl (C=O) groups excluding carboxylic acids is 1. The van der Waals surface area contributed by atoms with Crippen LogP contribution in [0.3, 0.4) is 0 Å². The van der Waals surface area contributed by atoms with Crippen molar-refractivity contribution in [3.05, 3.63) is 42.0 Å². The Morgan fingerprint density at radius 3 is 2.46 bits per heavy atom. The maximum Gasteiger partial charge on any atom is 0.239 e. The molecule has 28 heavy (non-hydrogen) atoms. The molecule has 1 amide bonds. The Balaban J connectivity index is 1.67. The van der Waals surface area contributed by atoms with Gasteiger partial charge < -0.3 is 24.4 Å². The molecule has 2 aromatic carbocycles. The lowest BCUT2D eigenvalue weighted by molar-refractivity contribution is -0.119. The Kier molecular flexibility index (Phi) is 6.57. The molecule has 1 atom stereocenters. The van der Waals surface area contributed by atoms with Crippen LogP contribution in [0.25, 0.3) is 0 Å². The fourth-order valence-electron chi connectivity index (χ4n) is 3.30. The average Bonchev–Trinajstić information content (AvgIpc) is 2.71. The molecule has 0 aliphatic carbocycles. The number of nitrogens with zero attached hydrogens (tertiary/aromatic N) is 1. The molecule has 0 saturated carbocycles. The molecular weight excluding hydrogens is 376 g/mol. The Hall–Kier alpha value is -2.54. The third-order valence-corrected chi connectivity index (χ3v) is 5.71. The van der Waals surface area contributed by atoms with Crippen LogP contribution in [0.4, 0.5) is 5.69 Å². The van der Waals surface area contributed by atoms with Crippen LogP contribution in [0.1, 0.15) is 12.5 Å². The summed E-state index contributed by atoms with van der Waals surface area (Å²) >= 11 is 1.85. The van der Waals surface area contributed by atoms with Crippen LogP contribution in [0.2, 0.25) is 0 Å². The van der Waals surface area contributed by atoms with Crippen molar-refractivity contribution in [3.8, 4) is 17.2 Å². The average molecular weight is 403 g/mol. The van der Waals surface area contributed by atoms with E-state index in [1.54, 1.807) is 21.3 Å². The predicted molar refractivity (Wildman–Crippen MR) is 112 cm³/mol. The van der Waals surface area contributed by atoms with Gasteiger partial charge >= 0.3 is 0 Å². The van der Waals surface area contributed by atoms with Crippen LogP contribution in [0, 0.1) is 0 Å². The second-order valence-electron chi connectivity index (χ2n) is 6.59. The van der Waals surface area contributed by atoms with Crippen LogP contribution in [-0.2, 0) is 11.3 Å². The molecular formula is C21H26N2O4S. The van der Waals surface area contributed by atoms with Gasteiger partial charge in [-0.3, -0.25) is 4.79 Å². The summed E-state index contributed by atoms with van der Waals surface area (Å²) in [7, 11) is 4.72. The molecule has 1 aliphatic rings. The van der Waals surface area contributed by atoms with E-state index in [2.05, 4.69) is 29.3 Å². The summed E-state index contributed by atoms with van der Waals surface area (Å²) in [5.41, 5.74) is 2.00. The first-order valence-electron chi connectivity index (χ1n) is 9.12. The summed E-state index contributed by atoms with van der Waals surface area (Å²) in [4.78, 5) is 15.9. The van der Waals surface area contributed by atoms with E-state index in [9.17, 15) is 4.79 Å². The first-order chi connectivity index (χ1) is 13.5. The zero-order chi connectivity index (χ0) is 20.1. The molecule has 0 unspecified atom stereocenters. The molecule has 0 spiro atoms. The Morgan fingerprint density at radius 2 is 1.82 bits per heavy atom. The van der Waals surface area contributed by atoms with Crippen LogP contribution < -0.4 is 24.4 Å². The number of anilines is 1.